The van der Waals surface area contributed by atoms with E-state index in [-0.39, 0.29) is 0 Å². The second kappa shape index (κ2) is 3.19. The van der Waals surface area contributed by atoms with Crippen molar-refractivity contribution in [1.29, 1.82) is 0 Å². The SMILES string of the molecule is CCn1cc(N2C(=O)NC(=O)C2=O)cn1. The highest BCUT2D eigenvalue weighted by Crippen LogP contribution is 2.16. The van der Waals surface area contributed by atoms with E-state index in [0.29, 0.717) is 12.2 Å². The van der Waals surface area contributed by atoms with Crippen LogP contribution in [0.2, 0.25) is 0 Å². The van der Waals surface area contributed by atoms with E-state index in [4.69, 9.17) is 0 Å². The van der Waals surface area contributed by atoms with Crippen LogP contribution in [0.25, 0.3) is 0 Å². The van der Waals surface area contributed by atoms with Crippen LogP contribution in [0.5, 0.6) is 0 Å². The lowest BCUT2D eigenvalue weighted by Gasteiger charge is -2.06. The third-order valence-corrected chi connectivity index (χ3v) is 2.02. The molecule has 0 atom stereocenters. The van der Waals surface area contributed by atoms with Gasteiger partial charge >= 0.3 is 17.8 Å². The van der Waals surface area contributed by atoms with Crippen LogP contribution in [0.15, 0.2) is 12.4 Å². The molecule has 1 aromatic rings. The van der Waals surface area contributed by atoms with Gasteiger partial charge in [-0.25, -0.2) is 9.69 Å². The summed E-state index contributed by atoms with van der Waals surface area (Å²) < 4.78 is 1.55. The number of rotatable bonds is 2. The molecule has 7 heteroatoms. The molecule has 1 aromatic heterocycles. The lowest BCUT2D eigenvalue weighted by molar-refractivity contribution is -0.134. The number of anilines is 1. The molecule has 0 spiro atoms. The number of amides is 4. The Morgan fingerprint density at radius 2 is 2.13 bits per heavy atom. The minimum atomic E-state index is -0.913. The highest BCUT2D eigenvalue weighted by atomic mass is 16.2. The number of hydrogen-bond acceptors (Lipinski definition) is 4. The van der Waals surface area contributed by atoms with Gasteiger partial charge in [-0.3, -0.25) is 19.6 Å². The number of carbonyl (C=O) groups is 3. The molecule has 1 saturated heterocycles. The van der Waals surface area contributed by atoms with E-state index in [1.54, 1.807) is 4.68 Å². The van der Waals surface area contributed by atoms with Gasteiger partial charge in [0.1, 0.15) is 0 Å². The van der Waals surface area contributed by atoms with Crippen molar-refractivity contribution in [2.75, 3.05) is 4.90 Å². The van der Waals surface area contributed by atoms with Crippen molar-refractivity contribution in [2.45, 2.75) is 13.5 Å². The smallest absolute Gasteiger partial charge is 0.271 e. The highest BCUT2D eigenvalue weighted by Gasteiger charge is 2.38. The fraction of sp³-hybridized carbons (Fsp3) is 0.250. The van der Waals surface area contributed by atoms with Crippen LogP contribution < -0.4 is 10.2 Å². The number of nitrogens with zero attached hydrogens (tertiary/aromatic N) is 3. The number of hydrogen-bond donors (Lipinski definition) is 1. The van der Waals surface area contributed by atoms with Gasteiger partial charge in [0.15, 0.2) is 0 Å². The van der Waals surface area contributed by atoms with Crippen LogP contribution in [0.3, 0.4) is 0 Å². The predicted octanol–water partition coefficient (Wildman–Crippen LogP) is -0.514. The summed E-state index contributed by atoms with van der Waals surface area (Å²) in [6.45, 7) is 2.49. The lowest BCUT2D eigenvalue weighted by atomic mass is 10.4. The van der Waals surface area contributed by atoms with Crippen molar-refractivity contribution in [3.05, 3.63) is 12.4 Å². The molecule has 2 heterocycles. The largest absolute Gasteiger partial charge is 0.336 e. The third-order valence-electron chi connectivity index (χ3n) is 2.02. The molecule has 2 rings (SSSR count). The molecule has 0 radical (unpaired) electrons. The number of urea groups is 1. The Balaban J connectivity index is 2.34. The van der Waals surface area contributed by atoms with Crippen LogP contribution in [-0.4, -0.2) is 27.6 Å². The van der Waals surface area contributed by atoms with Gasteiger partial charge in [0, 0.05) is 12.7 Å². The second-order valence-corrected chi connectivity index (χ2v) is 2.95. The fourth-order valence-electron chi connectivity index (χ4n) is 1.28. The van der Waals surface area contributed by atoms with E-state index in [9.17, 15) is 14.4 Å². The van der Waals surface area contributed by atoms with Gasteiger partial charge in [-0.05, 0) is 6.92 Å². The quantitative estimate of drug-likeness (QED) is 0.523. The van der Waals surface area contributed by atoms with E-state index in [2.05, 4.69) is 5.10 Å². The van der Waals surface area contributed by atoms with Gasteiger partial charge in [0.25, 0.3) is 0 Å². The molecule has 0 aromatic carbocycles. The van der Waals surface area contributed by atoms with Crippen LogP contribution in [-0.2, 0) is 16.1 Å². The van der Waals surface area contributed by atoms with E-state index in [1.807, 2.05) is 12.2 Å². The van der Waals surface area contributed by atoms with Crippen molar-refractivity contribution in [1.82, 2.24) is 15.1 Å². The molecule has 1 fully saturated rings. The Morgan fingerprint density at radius 1 is 1.40 bits per heavy atom. The first-order valence-corrected chi connectivity index (χ1v) is 4.35. The molecular weight excluding hydrogens is 200 g/mol. The van der Waals surface area contributed by atoms with Crippen molar-refractivity contribution >= 4 is 23.5 Å². The Kier molecular flexibility index (Phi) is 2.00. The normalized spacial score (nSPS) is 16.1. The molecule has 0 saturated carbocycles. The minimum Gasteiger partial charge on any atom is -0.271 e. The molecule has 78 valence electrons. The zero-order valence-electron chi connectivity index (χ0n) is 7.93. The van der Waals surface area contributed by atoms with Gasteiger partial charge in [0.05, 0.1) is 11.9 Å². The number of carbonyl (C=O) groups excluding carboxylic acids is 3. The summed E-state index contributed by atoms with van der Waals surface area (Å²) in [5.41, 5.74) is 0.296. The molecule has 1 aliphatic rings. The first kappa shape index (κ1) is 9.38. The number of aryl methyl sites for hydroxylation is 1. The first-order chi connectivity index (χ1) is 7.13. The number of imide groups is 2. The molecule has 0 bridgehead atoms. The Morgan fingerprint density at radius 3 is 2.60 bits per heavy atom. The van der Waals surface area contributed by atoms with Crippen LogP contribution >= 0.6 is 0 Å². The third kappa shape index (κ3) is 1.37. The van der Waals surface area contributed by atoms with Crippen molar-refractivity contribution in [2.24, 2.45) is 0 Å². The predicted molar refractivity (Wildman–Crippen MR) is 48.9 cm³/mol. The highest BCUT2D eigenvalue weighted by molar-refractivity contribution is 6.52. The fourth-order valence-corrected chi connectivity index (χ4v) is 1.28. The maximum atomic E-state index is 11.3. The van der Waals surface area contributed by atoms with Crippen LogP contribution in [0.4, 0.5) is 10.5 Å². The summed E-state index contributed by atoms with van der Waals surface area (Å²) in [4.78, 5) is 34.2. The van der Waals surface area contributed by atoms with Crippen molar-refractivity contribution < 1.29 is 14.4 Å². The number of nitrogens with one attached hydrogen (secondary N) is 1. The first-order valence-electron chi connectivity index (χ1n) is 4.35. The summed E-state index contributed by atoms with van der Waals surface area (Å²) >= 11 is 0. The van der Waals surface area contributed by atoms with E-state index in [1.165, 1.54) is 12.4 Å². The summed E-state index contributed by atoms with van der Waals surface area (Å²) in [5, 5.41) is 5.81. The molecule has 0 aliphatic carbocycles. The molecule has 7 nitrogen and oxygen atoms in total. The monoisotopic (exact) mass is 208 g/mol. The van der Waals surface area contributed by atoms with Gasteiger partial charge in [-0.2, -0.15) is 5.10 Å². The summed E-state index contributed by atoms with van der Waals surface area (Å²) in [7, 11) is 0. The maximum Gasteiger partial charge on any atom is 0.336 e. The van der Waals surface area contributed by atoms with E-state index < -0.39 is 17.8 Å². The topological polar surface area (TPSA) is 84.3 Å². The number of aromatic nitrogens is 2. The zero-order chi connectivity index (χ0) is 11.0. The molecular formula is C8H8N4O3. The Labute approximate surface area is 84.7 Å². The second-order valence-electron chi connectivity index (χ2n) is 2.95. The average Bonchev–Trinajstić information content (AvgIpc) is 2.74. The summed E-state index contributed by atoms with van der Waals surface area (Å²) in [5.74, 6) is -1.79. The van der Waals surface area contributed by atoms with E-state index in [0.717, 1.165) is 4.90 Å². The molecule has 0 unspecified atom stereocenters. The van der Waals surface area contributed by atoms with Crippen LogP contribution in [0.1, 0.15) is 6.92 Å². The zero-order valence-corrected chi connectivity index (χ0v) is 7.93. The molecule has 1 N–H and O–H groups in total. The Bertz CT molecular complexity index is 450. The van der Waals surface area contributed by atoms with Gasteiger partial charge in [0.2, 0.25) is 0 Å². The minimum absolute atomic E-state index is 0.296. The summed E-state index contributed by atoms with van der Waals surface area (Å²) in [6, 6.07) is -0.736. The van der Waals surface area contributed by atoms with Gasteiger partial charge in [-0.1, -0.05) is 0 Å². The van der Waals surface area contributed by atoms with Crippen molar-refractivity contribution in [3.8, 4) is 0 Å². The van der Waals surface area contributed by atoms with Crippen molar-refractivity contribution in [3.63, 3.8) is 0 Å². The van der Waals surface area contributed by atoms with E-state index >= 15 is 0 Å². The molecule has 15 heavy (non-hydrogen) atoms. The Hall–Kier alpha value is -2.18. The van der Waals surface area contributed by atoms with Gasteiger partial charge in [-0.15, -0.1) is 0 Å². The maximum absolute atomic E-state index is 11.3. The van der Waals surface area contributed by atoms with Crippen LogP contribution in [0, 0.1) is 0 Å². The standard InChI is InChI=1S/C8H8N4O3/c1-2-11-4-5(3-9-11)12-7(14)6(13)10-8(12)15/h3-4H,2H2,1H3,(H,10,13,15). The molecule has 1 aliphatic heterocycles. The summed E-state index contributed by atoms with van der Waals surface area (Å²) in [6.07, 6.45) is 2.88. The average molecular weight is 208 g/mol. The lowest BCUT2D eigenvalue weighted by Crippen LogP contribution is -2.30. The molecule has 4 amide bonds. The van der Waals surface area contributed by atoms with Gasteiger partial charge < -0.3 is 0 Å².